The summed E-state index contributed by atoms with van der Waals surface area (Å²) in [6.45, 7) is 2.98. The van der Waals surface area contributed by atoms with Gasteiger partial charge in [-0.3, -0.25) is 4.79 Å². The number of ether oxygens (including phenoxy) is 1. The van der Waals surface area contributed by atoms with Crippen LogP contribution in [0.4, 0.5) is 5.69 Å². The quantitative estimate of drug-likeness (QED) is 0.820. The van der Waals surface area contributed by atoms with Crippen LogP contribution in [0.25, 0.3) is 0 Å². The van der Waals surface area contributed by atoms with Crippen LogP contribution >= 0.6 is 11.6 Å². The molecule has 0 spiro atoms. The van der Waals surface area contributed by atoms with Crippen LogP contribution < -0.4 is 10.0 Å². The van der Waals surface area contributed by atoms with E-state index in [1.165, 1.54) is 18.2 Å². The van der Waals surface area contributed by atoms with Crippen LogP contribution in [0.1, 0.15) is 15.9 Å². The summed E-state index contributed by atoms with van der Waals surface area (Å²) < 4.78 is 28.4. The van der Waals surface area contributed by atoms with E-state index in [2.05, 4.69) is 4.90 Å². The molecule has 1 heterocycles. The highest BCUT2D eigenvalue weighted by atomic mass is 35.5. The summed E-state index contributed by atoms with van der Waals surface area (Å²) in [5.74, 6) is -0.296. The molecule has 0 atom stereocenters. The lowest BCUT2D eigenvalue weighted by molar-refractivity contribution is 0.103. The van der Waals surface area contributed by atoms with E-state index >= 15 is 0 Å². The van der Waals surface area contributed by atoms with Gasteiger partial charge in [-0.25, -0.2) is 13.6 Å². The molecule has 8 heteroatoms. The first-order chi connectivity index (χ1) is 11.9. The van der Waals surface area contributed by atoms with Crippen molar-refractivity contribution in [3.8, 4) is 0 Å². The lowest BCUT2D eigenvalue weighted by atomic mass is 10.0. The molecule has 0 aliphatic carbocycles. The van der Waals surface area contributed by atoms with Crippen molar-refractivity contribution in [3.05, 3.63) is 58.6 Å². The van der Waals surface area contributed by atoms with E-state index in [4.69, 9.17) is 21.5 Å². The summed E-state index contributed by atoms with van der Waals surface area (Å²) in [4.78, 5) is 14.5. The Morgan fingerprint density at radius 1 is 1.04 bits per heavy atom. The molecule has 6 nitrogen and oxygen atoms in total. The highest BCUT2D eigenvalue weighted by molar-refractivity contribution is 7.89. The Morgan fingerprint density at radius 3 is 2.24 bits per heavy atom. The van der Waals surface area contributed by atoms with Gasteiger partial charge in [0.2, 0.25) is 10.0 Å². The number of hydrogen-bond acceptors (Lipinski definition) is 5. The van der Waals surface area contributed by atoms with Crippen molar-refractivity contribution >= 4 is 33.1 Å². The van der Waals surface area contributed by atoms with Crippen molar-refractivity contribution in [1.29, 1.82) is 0 Å². The van der Waals surface area contributed by atoms with Gasteiger partial charge in [-0.2, -0.15) is 0 Å². The molecule has 1 aliphatic rings. The molecule has 2 aromatic rings. The number of sulfonamides is 1. The molecule has 25 heavy (non-hydrogen) atoms. The minimum absolute atomic E-state index is 0.0123. The normalized spacial score (nSPS) is 15.2. The van der Waals surface area contributed by atoms with E-state index in [-0.39, 0.29) is 21.3 Å². The molecule has 2 N–H and O–H groups in total. The average Bonchev–Trinajstić information content (AvgIpc) is 2.61. The molecular weight excluding hydrogens is 364 g/mol. The number of hydrogen-bond donors (Lipinski definition) is 1. The molecule has 132 valence electrons. The summed E-state index contributed by atoms with van der Waals surface area (Å²) in [7, 11) is -4.00. The van der Waals surface area contributed by atoms with Gasteiger partial charge in [0.1, 0.15) is 4.90 Å². The van der Waals surface area contributed by atoms with Crippen molar-refractivity contribution in [1.82, 2.24) is 0 Å². The van der Waals surface area contributed by atoms with Crippen LogP contribution in [0.2, 0.25) is 5.02 Å². The number of halogens is 1. The predicted octanol–water partition coefficient (Wildman–Crippen LogP) is 2.06. The number of primary sulfonamides is 1. The fourth-order valence-corrected chi connectivity index (χ4v) is 3.75. The lowest BCUT2D eigenvalue weighted by Gasteiger charge is -2.28. The van der Waals surface area contributed by atoms with Crippen LogP contribution in [-0.2, 0) is 14.8 Å². The molecule has 3 rings (SSSR count). The van der Waals surface area contributed by atoms with Crippen LogP contribution in [-0.4, -0.2) is 40.5 Å². The van der Waals surface area contributed by atoms with Crippen molar-refractivity contribution in [2.75, 3.05) is 31.2 Å². The zero-order valence-corrected chi connectivity index (χ0v) is 14.9. The number of morpholine rings is 1. The molecule has 1 fully saturated rings. The number of carbonyl (C=O) groups excluding carboxylic acids is 1. The van der Waals surface area contributed by atoms with Gasteiger partial charge >= 0.3 is 0 Å². The Balaban J connectivity index is 1.86. The average molecular weight is 381 g/mol. The standard InChI is InChI=1S/C17H17ClN2O4S/c18-15-6-3-13(11-16(15)25(19,22)23)17(21)12-1-4-14(5-2-12)20-7-9-24-10-8-20/h1-6,11H,7-10H2,(H2,19,22,23). The Bertz CT molecular complexity index is 891. The van der Waals surface area contributed by atoms with E-state index < -0.39 is 10.0 Å². The first kappa shape index (κ1) is 17.9. The summed E-state index contributed by atoms with van der Waals surface area (Å²) in [6, 6.07) is 11.2. The number of nitrogens with zero attached hydrogens (tertiary/aromatic N) is 1. The van der Waals surface area contributed by atoms with E-state index in [0.717, 1.165) is 18.8 Å². The number of benzene rings is 2. The van der Waals surface area contributed by atoms with Crippen LogP contribution in [0.5, 0.6) is 0 Å². The monoisotopic (exact) mass is 380 g/mol. The molecule has 1 saturated heterocycles. The molecular formula is C17H17ClN2O4S. The number of nitrogens with two attached hydrogens (primary N) is 1. The van der Waals surface area contributed by atoms with E-state index in [0.29, 0.717) is 18.8 Å². The first-order valence-electron chi connectivity index (χ1n) is 7.66. The van der Waals surface area contributed by atoms with Crippen LogP contribution in [0, 0.1) is 0 Å². The second kappa shape index (κ2) is 7.13. The third kappa shape index (κ3) is 4.01. The maximum Gasteiger partial charge on any atom is 0.239 e. The van der Waals surface area contributed by atoms with Gasteiger partial charge < -0.3 is 9.64 Å². The third-order valence-corrected chi connectivity index (χ3v) is 5.40. The number of anilines is 1. The molecule has 1 aliphatic heterocycles. The third-order valence-electron chi connectivity index (χ3n) is 4.01. The summed E-state index contributed by atoms with van der Waals surface area (Å²) in [5.41, 5.74) is 1.69. The van der Waals surface area contributed by atoms with Crippen LogP contribution in [0.15, 0.2) is 47.4 Å². The maximum absolute atomic E-state index is 12.6. The Morgan fingerprint density at radius 2 is 1.64 bits per heavy atom. The molecule has 0 radical (unpaired) electrons. The SMILES string of the molecule is NS(=O)(=O)c1cc(C(=O)c2ccc(N3CCOCC3)cc2)ccc1Cl. The molecule has 0 amide bonds. The van der Waals surface area contributed by atoms with Gasteiger partial charge in [-0.1, -0.05) is 11.6 Å². The Hall–Kier alpha value is -1.93. The Kier molecular flexibility index (Phi) is 5.10. The van der Waals surface area contributed by atoms with Crippen molar-refractivity contribution in [3.63, 3.8) is 0 Å². The van der Waals surface area contributed by atoms with Gasteiger partial charge in [0.05, 0.1) is 18.2 Å². The summed E-state index contributed by atoms with van der Waals surface area (Å²) in [5, 5.41) is 5.12. The van der Waals surface area contributed by atoms with Gasteiger partial charge in [-0.05, 0) is 42.5 Å². The fourth-order valence-electron chi connectivity index (χ4n) is 2.67. The Labute approximate surface area is 151 Å². The van der Waals surface area contributed by atoms with E-state index in [1.54, 1.807) is 12.1 Å². The second-order valence-electron chi connectivity index (χ2n) is 5.67. The fraction of sp³-hybridized carbons (Fsp3) is 0.235. The molecule has 2 aromatic carbocycles. The predicted molar refractivity (Wildman–Crippen MR) is 95.7 cm³/mol. The number of rotatable bonds is 4. The minimum Gasteiger partial charge on any atom is -0.378 e. The number of ketones is 1. The lowest BCUT2D eigenvalue weighted by Crippen LogP contribution is -2.36. The topological polar surface area (TPSA) is 89.7 Å². The van der Waals surface area contributed by atoms with Crippen LogP contribution in [0.3, 0.4) is 0 Å². The summed E-state index contributed by atoms with van der Waals surface area (Å²) >= 11 is 5.85. The van der Waals surface area contributed by atoms with Gasteiger partial charge in [0.15, 0.2) is 5.78 Å². The summed E-state index contributed by atoms with van der Waals surface area (Å²) in [6.07, 6.45) is 0. The van der Waals surface area contributed by atoms with Gasteiger partial charge in [-0.15, -0.1) is 0 Å². The van der Waals surface area contributed by atoms with E-state index in [1.807, 2.05) is 12.1 Å². The minimum atomic E-state index is -4.00. The highest BCUT2D eigenvalue weighted by Crippen LogP contribution is 2.24. The maximum atomic E-state index is 12.6. The van der Waals surface area contributed by atoms with Gasteiger partial charge in [0, 0.05) is 29.9 Å². The van der Waals surface area contributed by atoms with Crippen molar-refractivity contribution in [2.45, 2.75) is 4.90 Å². The molecule has 0 unspecified atom stereocenters. The largest absolute Gasteiger partial charge is 0.378 e. The van der Waals surface area contributed by atoms with Crippen molar-refractivity contribution in [2.24, 2.45) is 5.14 Å². The first-order valence-corrected chi connectivity index (χ1v) is 9.58. The zero-order valence-electron chi connectivity index (χ0n) is 13.3. The zero-order chi connectivity index (χ0) is 18.0. The highest BCUT2D eigenvalue weighted by Gasteiger charge is 2.18. The van der Waals surface area contributed by atoms with Crippen molar-refractivity contribution < 1.29 is 17.9 Å². The smallest absolute Gasteiger partial charge is 0.239 e. The second-order valence-corrected chi connectivity index (χ2v) is 7.60. The van der Waals surface area contributed by atoms with E-state index in [9.17, 15) is 13.2 Å². The van der Waals surface area contributed by atoms with Gasteiger partial charge in [0.25, 0.3) is 0 Å². The molecule has 0 bridgehead atoms. The molecule has 0 aromatic heterocycles. The number of carbonyl (C=O) groups is 1. The molecule has 0 saturated carbocycles.